The molecule has 0 aliphatic heterocycles. The van der Waals surface area contributed by atoms with Crippen LogP contribution in [-0.4, -0.2) is 20.9 Å². The molecule has 120 valence electrons. The van der Waals surface area contributed by atoms with Gasteiger partial charge in [-0.15, -0.1) is 0 Å². The topological polar surface area (TPSA) is 42.7 Å². The van der Waals surface area contributed by atoms with E-state index >= 15 is 0 Å². The first kappa shape index (κ1) is 15.3. The molecular formula is C16H15F3N4. The second kappa shape index (κ2) is 5.91. The van der Waals surface area contributed by atoms with Crippen molar-refractivity contribution >= 4 is 16.6 Å². The molecule has 2 heterocycles. The van der Waals surface area contributed by atoms with Crippen LogP contribution >= 0.6 is 0 Å². The zero-order chi connectivity index (χ0) is 16.4. The van der Waals surface area contributed by atoms with Gasteiger partial charge in [-0.1, -0.05) is 18.2 Å². The van der Waals surface area contributed by atoms with Crippen molar-refractivity contribution in [1.29, 1.82) is 0 Å². The number of nitrogens with one attached hydrogen (secondary N) is 1. The van der Waals surface area contributed by atoms with Crippen LogP contribution in [0.3, 0.4) is 0 Å². The zero-order valence-corrected chi connectivity index (χ0v) is 12.4. The molecule has 0 atom stereocenters. The lowest BCUT2D eigenvalue weighted by molar-refractivity contribution is -0.142. The molecule has 0 radical (unpaired) electrons. The number of anilines is 1. The van der Waals surface area contributed by atoms with Gasteiger partial charge in [0, 0.05) is 35.6 Å². The van der Waals surface area contributed by atoms with Crippen LogP contribution in [0.25, 0.3) is 10.9 Å². The van der Waals surface area contributed by atoms with Crippen molar-refractivity contribution < 1.29 is 13.2 Å². The molecular weight excluding hydrogens is 305 g/mol. The van der Waals surface area contributed by atoms with Crippen LogP contribution in [0.5, 0.6) is 0 Å². The number of pyridine rings is 1. The van der Waals surface area contributed by atoms with Crippen molar-refractivity contribution in [3.05, 3.63) is 54.0 Å². The Hall–Kier alpha value is -2.57. The van der Waals surface area contributed by atoms with Crippen LogP contribution in [0.15, 0.2) is 42.9 Å². The number of alkyl halides is 3. The van der Waals surface area contributed by atoms with Crippen molar-refractivity contribution in [2.24, 2.45) is 0 Å². The molecule has 0 amide bonds. The third-order valence-corrected chi connectivity index (χ3v) is 3.46. The molecule has 1 aromatic carbocycles. The van der Waals surface area contributed by atoms with Crippen molar-refractivity contribution in [3.8, 4) is 0 Å². The smallest absolute Gasteiger partial charge is 0.380 e. The molecule has 0 saturated heterocycles. The summed E-state index contributed by atoms with van der Waals surface area (Å²) < 4.78 is 37.9. The average Bonchev–Trinajstić information content (AvgIpc) is 2.91. The fourth-order valence-corrected chi connectivity index (χ4v) is 2.43. The molecule has 4 nitrogen and oxygen atoms in total. The number of hydrogen-bond donors (Lipinski definition) is 1. The van der Waals surface area contributed by atoms with Gasteiger partial charge in [-0.2, -0.15) is 18.3 Å². The lowest BCUT2D eigenvalue weighted by atomic mass is 10.1. The largest absolute Gasteiger partial charge is 0.408 e. The molecule has 0 unspecified atom stereocenters. The van der Waals surface area contributed by atoms with Gasteiger partial charge >= 0.3 is 6.18 Å². The number of rotatable bonds is 4. The van der Waals surface area contributed by atoms with Crippen LogP contribution in [0.1, 0.15) is 11.1 Å². The molecule has 0 spiro atoms. The van der Waals surface area contributed by atoms with Gasteiger partial charge in [-0.05, 0) is 18.6 Å². The van der Waals surface area contributed by atoms with Gasteiger partial charge in [-0.3, -0.25) is 9.67 Å². The molecule has 0 saturated carbocycles. The highest BCUT2D eigenvalue weighted by Gasteiger charge is 2.28. The van der Waals surface area contributed by atoms with Crippen molar-refractivity contribution in [2.45, 2.75) is 26.2 Å². The monoisotopic (exact) mass is 320 g/mol. The molecule has 0 bridgehead atoms. The zero-order valence-electron chi connectivity index (χ0n) is 12.4. The highest BCUT2D eigenvalue weighted by molar-refractivity contribution is 5.92. The Balaban J connectivity index is 1.78. The van der Waals surface area contributed by atoms with Crippen molar-refractivity contribution in [1.82, 2.24) is 14.8 Å². The highest BCUT2D eigenvalue weighted by Crippen LogP contribution is 2.25. The Kier molecular flexibility index (Phi) is 3.94. The highest BCUT2D eigenvalue weighted by atomic mass is 19.4. The van der Waals surface area contributed by atoms with Crippen molar-refractivity contribution in [2.75, 3.05) is 5.32 Å². The van der Waals surface area contributed by atoms with Crippen LogP contribution in [0, 0.1) is 6.92 Å². The summed E-state index contributed by atoms with van der Waals surface area (Å²) in [5, 5.41) is 8.00. The van der Waals surface area contributed by atoms with E-state index in [1.165, 1.54) is 12.4 Å². The third-order valence-electron chi connectivity index (χ3n) is 3.46. The normalized spacial score (nSPS) is 11.8. The maximum absolute atomic E-state index is 12.3. The summed E-state index contributed by atoms with van der Waals surface area (Å²) in [5.41, 5.74) is 3.47. The Morgan fingerprint density at radius 1 is 1.17 bits per heavy atom. The van der Waals surface area contributed by atoms with Crippen LogP contribution < -0.4 is 5.32 Å². The average molecular weight is 320 g/mol. The molecule has 0 fully saturated rings. The maximum Gasteiger partial charge on any atom is 0.408 e. The molecule has 1 N–H and O–H groups in total. The summed E-state index contributed by atoms with van der Waals surface area (Å²) in [4.78, 5) is 4.36. The van der Waals surface area contributed by atoms with E-state index in [4.69, 9.17) is 0 Å². The number of hydrogen-bond acceptors (Lipinski definition) is 3. The lowest BCUT2D eigenvalue weighted by Crippen LogP contribution is -2.17. The van der Waals surface area contributed by atoms with Gasteiger partial charge in [-0.25, -0.2) is 0 Å². The van der Waals surface area contributed by atoms with E-state index in [0.717, 1.165) is 26.8 Å². The number of benzene rings is 1. The molecule has 23 heavy (non-hydrogen) atoms. The molecule has 7 heteroatoms. The van der Waals surface area contributed by atoms with E-state index in [1.54, 1.807) is 6.20 Å². The minimum absolute atomic E-state index is 0.396. The van der Waals surface area contributed by atoms with E-state index in [9.17, 15) is 13.2 Å². The number of para-hydroxylation sites is 1. The standard InChI is InChI=1S/C16H15F3N4/c1-11-6-20-14-5-3-2-4-13(14)15(11)21-7-12-8-22-23(9-12)10-16(17,18)19/h2-6,8-9H,7,10H2,1H3,(H,20,21). The Morgan fingerprint density at radius 3 is 2.74 bits per heavy atom. The number of halogens is 3. The van der Waals surface area contributed by atoms with E-state index in [2.05, 4.69) is 15.4 Å². The summed E-state index contributed by atoms with van der Waals surface area (Å²) in [6.45, 7) is 1.26. The number of aryl methyl sites for hydroxylation is 1. The first-order chi connectivity index (χ1) is 10.9. The Labute approximate surface area is 131 Å². The SMILES string of the molecule is Cc1cnc2ccccc2c1NCc1cnn(CC(F)(F)F)c1. The van der Waals surface area contributed by atoms with Crippen LogP contribution in [-0.2, 0) is 13.1 Å². The first-order valence-electron chi connectivity index (χ1n) is 7.09. The van der Waals surface area contributed by atoms with Crippen molar-refractivity contribution in [3.63, 3.8) is 0 Å². The second-order valence-electron chi connectivity index (χ2n) is 5.35. The molecule has 0 aliphatic carbocycles. The molecule has 3 aromatic rings. The van der Waals surface area contributed by atoms with Gasteiger partial charge in [0.1, 0.15) is 6.54 Å². The minimum Gasteiger partial charge on any atom is -0.380 e. The van der Waals surface area contributed by atoms with Gasteiger partial charge in [0.15, 0.2) is 0 Å². The Morgan fingerprint density at radius 2 is 1.96 bits per heavy atom. The molecule has 0 aliphatic rings. The third kappa shape index (κ3) is 3.61. The van der Waals surface area contributed by atoms with Crippen LogP contribution in [0.2, 0.25) is 0 Å². The number of nitrogens with zero attached hydrogens (tertiary/aromatic N) is 3. The molecule has 2 aromatic heterocycles. The fraction of sp³-hybridized carbons (Fsp3) is 0.250. The fourth-order valence-electron chi connectivity index (χ4n) is 2.43. The number of aromatic nitrogens is 3. The molecule has 3 rings (SSSR count). The second-order valence-corrected chi connectivity index (χ2v) is 5.35. The van der Waals surface area contributed by atoms with E-state index in [1.807, 2.05) is 31.2 Å². The van der Waals surface area contributed by atoms with Gasteiger partial charge < -0.3 is 5.32 Å². The summed E-state index contributed by atoms with van der Waals surface area (Å²) >= 11 is 0. The lowest BCUT2D eigenvalue weighted by Gasteiger charge is -2.11. The minimum atomic E-state index is -4.27. The number of fused-ring (bicyclic) bond motifs is 1. The van der Waals surface area contributed by atoms with E-state index < -0.39 is 12.7 Å². The van der Waals surface area contributed by atoms with Gasteiger partial charge in [0.25, 0.3) is 0 Å². The quantitative estimate of drug-likeness (QED) is 0.792. The van der Waals surface area contributed by atoms with Gasteiger partial charge in [0.05, 0.1) is 11.7 Å². The maximum atomic E-state index is 12.3. The Bertz CT molecular complexity index is 824. The predicted molar refractivity (Wildman–Crippen MR) is 82.1 cm³/mol. The summed E-state index contributed by atoms with van der Waals surface area (Å²) in [6, 6.07) is 7.72. The van der Waals surface area contributed by atoms with E-state index in [-0.39, 0.29) is 0 Å². The first-order valence-corrected chi connectivity index (χ1v) is 7.09. The summed E-state index contributed by atoms with van der Waals surface area (Å²) in [5.74, 6) is 0. The predicted octanol–water partition coefficient (Wildman–Crippen LogP) is 3.91. The summed E-state index contributed by atoms with van der Waals surface area (Å²) in [6.07, 6.45) is 0.350. The van der Waals surface area contributed by atoms with E-state index in [0.29, 0.717) is 12.1 Å². The summed E-state index contributed by atoms with van der Waals surface area (Å²) in [7, 11) is 0. The van der Waals surface area contributed by atoms with Crippen LogP contribution in [0.4, 0.5) is 18.9 Å². The van der Waals surface area contributed by atoms with Gasteiger partial charge in [0.2, 0.25) is 0 Å².